The molecule has 0 aliphatic carbocycles. The van der Waals surface area contributed by atoms with E-state index in [9.17, 15) is 9.59 Å². The van der Waals surface area contributed by atoms with E-state index in [1.165, 1.54) is 148 Å². The minimum Gasteiger partial charge on any atom is -1.00 e. The summed E-state index contributed by atoms with van der Waals surface area (Å²) in [6, 6.07) is 0. The van der Waals surface area contributed by atoms with Crippen LogP contribution in [0.2, 0.25) is 0 Å². The first-order valence-electron chi connectivity index (χ1n) is 20.0. The molecule has 0 fully saturated rings. The largest absolute Gasteiger partial charge is 1.00 e. The third kappa shape index (κ3) is 39.2. The molecular weight excluding hydrogens is 586 g/mol. The average Bonchev–Trinajstić information content (AvgIpc) is 3.01. The first kappa shape index (κ1) is 49.5. The molecule has 0 heterocycles. The highest BCUT2D eigenvalue weighted by molar-refractivity contribution is 5.81. The van der Waals surface area contributed by atoms with E-state index >= 15 is 0 Å². The van der Waals surface area contributed by atoms with Crippen molar-refractivity contribution in [3.63, 3.8) is 0 Å². The summed E-state index contributed by atoms with van der Waals surface area (Å²) < 4.78 is 0.216. The lowest BCUT2D eigenvalue weighted by Gasteiger charge is -2.26. The van der Waals surface area contributed by atoms with Crippen molar-refractivity contribution in [2.24, 2.45) is 0 Å². The van der Waals surface area contributed by atoms with E-state index in [0.29, 0.717) is 19.4 Å². The van der Waals surface area contributed by atoms with E-state index in [1.807, 2.05) is 14.1 Å². The summed E-state index contributed by atoms with van der Waals surface area (Å²) in [4.78, 5) is 25.3. The van der Waals surface area contributed by atoms with Crippen molar-refractivity contribution in [3.05, 3.63) is 24.3 Å². The van der Waals surface area contributed by atoms with Crippen LogP contribution < -0.4 is 12.4 Å². The smallest absolute Gasteiger partial charge is 0.313 e. The average molecular weight is 669 g/mol. The lowest BCUT2D eigenvalue weighted by molar-refractivity contribution is -0.805. The van der Waals surface area contributed by atoms with E-state index in [1.54, 1.807) is 0 Å². The zero-order valence-electron chi connectivity index (χ0n) is 32.2. The van der Waals surface area contributed by atoms with Crippen LogP contribution in [0.4, 0.5) is 0 Å². The van der Waals surface area contributed by atoms with Crippen LogP contribution in [-0.4, -0.2) is 36.8 Å². The predicted octanol–water partition coefficient (Wildman–Crippen LogP) is 10.7. The van der Waals surface area contributed by atoms with Gasteiger partial charge in [-0.15, -0.1) is 0 Å². The number of halogens is 1. The molecule has 0 unspecified atom stereocenters. The van der Waals surface area contributed by atoms with E-state index in [2.05, 4.69) is 52.0 Å². The predicted molar refractivity (Wildman–Crippen MR) is 202 cm³/mol. The number of unbranched alkanes of at least 4 members (excludes halogenated alkanes) is 22. The molecule has 0 spiro atoms. The van der Waals surface area contributed by atoms with Crippen molar-refractivity contribution >= 4 is 11.7 Å². The van der Waals surface area contributed by atoms with E-state index in [-0.39, 0.29) is 28.6 Å². The molecule has 0 aromatic heterocycles. The van der Waals surface area contributed by atoms with E-state index < -0.39 is 0 Å². The van der Waals surface area contributed by atoms with Crippen molar-refractivity contribution < 1.29 is 26.5 Å². The summed E-state index contributed by atoms with van der Waals surface area (Å²) in [6.45, 7) is 9.15. The van der Waals surface area contributed by atoms with Gasteiger partial charge in [-0.3, -0.25) is 9.28 Å². The molecule has 0 saturated carbocycles. The van der Waals surface area contributed by atoms with Crippen LogP contribution in [0.15, 0.2) is 24.3 Å². The summed E-state index contributed by atoms with van der Waals surface area (Å²) in [7, 11) is 3.83. The number of Topliss-reactive ketones (excluding diaryl/α,β-unsaturated/α-hetero) is 1. The van der Waals surface area contributed by atoms with Crippen LogP contribution in [0.25, 0.3) is 0 Å². The fourth-order valence-electron chi connectivity index (χ4n) is 5.65. The summed E-state index contributed by atoms with van der Waals surface area (Å²) in [5.41, 5.74) is 0. The fraction of sp³-hybridized carbons (Fsp3) is 0.857. The normalized spacial score (nSPS) is 11.5. The number of nitrogens with zero attached hydrogens (tertiary/aromatic N) is 1. The van der Waals surface area contributed by atoms with Gasteiger partial charge in [0.05, 0.1) is 20.5 Å². The molecule has 0 N–H and O–H groups in total. The van der Waals surface area contributed by atoms with Gasteiger partial charge in [0, 0.05) is 6.42 Å². The molecule has 0 aliphatic heterocycles. The highest BCUT2D eigenvalue weighted by atomic mass is 35.5. The summed E-state index contributed by atoms with van der Waals surface area (Å²) in [5, 5.41) is 0. The Morgan fingerprint density at radius 2 is 0.717 bits per heavy atom. The second kappa shape index (κ2) is 40.2. The van der Waals surface area contributed by atoms with Gasteiger partial charge in [-0.25, -0.2) is 4.79 Å². The van der Waals surface area contributed by atoms with Crippen LogP contribution in [0, 0.1) is 0 Å². The number of carbonyl (C=O) groups is 2. The second-order valence-corrected chi connectivity index (χ2v) is 14.2. The highest BCUT2D eigenvalue weighted by Gasteiger charge is 2.28. The Labute approximate surface area is 296 Å². The first-order chi connectivity index (χ1) is 21.9. The van der Waals surface area contributed by atoms with Gasteiger partial charge in [0.1, 0.15) is 6.54 Å². The number of amides is 1. The van der Waals surface area contributed by atoms with Crippen molar-refractivity contribution in [3.8, 4) is 0 Å². The quantitative estimate of drug-likeness (QED) is 0.0406. The zero-order chi connectivity index (χ0) is 33.7. The molecule has 0 atom stereocenters. The number of carbonyl (C=O) groups excluding carboxylic acids is 2. The number of quaternary nitrogens is 1. The van der Waals surface area contributed by atoms with Gasteiger partial charge in [0.2, 0.25) is 0 Å². The Morgan fingerprint density at radius 1 is 0.435 bits per heavy atom. The Hall–Kier alpha value is -0.930. The Kier molecular flexibility index (Phi) is 43.3. The molecule has 3 nitrogen and oxygen atoms in total. The molecule has 0 radical (unpaired) electrons. The van der Waals surface area contributed by atoms with Gasteiger partial charge < -0.3 is 12.4 Å². The minimum atomic E-state index is 0. The van der Waals surface area contributed by atoms with Gasteiger partial charge in [-0.05, 0) is 64.2 Å². The molecule has 0 aliphatic rings. The highest BCUT2D eigenvalue weighted by Crippen LogP contribution is 2.14. The van der Waals surface area contributed by atoms with Crippen LogP contribution >= 0.6 is 0 Å². The Bertz CT molecular complexity index is 685. The SMILES string of the molecule is CCC.CCCCCCCC/C=C\CCCCCCCC(=O)C[N+](C)(C)C(=O)CCCCCCC/C=C\CCCCCCCC.[Cl-]. The molecule has 4 heteroatoms. The van der Waals surface area contributed by atoms with Crippen LogP contribution in [0.3, 0.4) is 0 Å². The molecule has 0 saturated heterocycles. The minimum absolute atomic E-state index is 0. The van der Waals surface area contributed by atoms with Crippen LogP contribution in [0.5, 0.6) is 0 Å². The molecule has 0 aromatic carbocycles. The van der Waals surface area contributed by atoms with E-state index in [4.69, 9.17) is 0 Å². The van der Waals surface area contributed by atoms with Gasteiger partial charge in [0.25, 0.3) is 0 Å². The van der Waals surface area contributed by atoms with Gasteiger partial charge in [-0.2, -0.15) is 0 Å². The van der Waals surface area contributed by atoms with Crippen molar-refractivity contribution in [1.29, 1.82) is 0 Å². The molecule has 0 rings (SSSR count). The lowest BCUT2D eigenvalue weighted by atomic mass is 10.1. The number of allylic oxidation sites excluding steroid dienone is 4. The zero-order valence-corrected chi connectivity index (χ0v) is 32.9. The van der Waals surface area contributed by atoms with Crippen molar-refractivity contribution in [2.45, 2.75) is 214 Å². The monoisotopic (exact) mass is 668 g/mol. The summed E-state index contributed by atoms with van der Waals surface area (Å²) >= 11 is 0. The molecule has 46 heavy (non-hydrogen) atoms. The maximum atomic E-state index is 12.8. The number of likely N-dealkylation sites (N-methyl/N-ethyl adjacent to an activating group) is 1. The fourth-order valence-corrected chi connectivity index (χ4v) is 5.65. The second-order valence-electron chi connectivity index (χ2n) is 14.2. The first-order valence-corrected chi connectivity index (χ1v) is 20.0. The molecule has 0 bridgehead atoms. The Balaban J connectivity index is -0.00000443. The van der Waals surface area contributed by atoms with Crippen LogP contribution in [-0.2, 0) is 9.59 Å². The number of ketones is 1. The van der Waals surface area contributed by atoms with Gasteiger partial charge in [-0.1, -0.05) is 161 Å². The molecule has 0 aromatic rings. The summed E-state index contributed by atoms with van der Waals surface area (Å²) in [6.07, 6.45) is 44.9. The molecule has 1 amide bonds. The number of hydrogen-bond acceptors (Lipinski definition) is 2. The third-order valence-corrected chi connectivity index (χ3v) is 8.62. The van der Waals surface area contributed by atoms with Gasteiger partial charge >= 0.3 is 5.91 Å². The maximum absolute atomic E-state index is 12.8. The standard InChI is InChI=1S/C39H74NO2.C3H8.ClH/c1-5-7-9-11-13-15-17-19-21-23-25-27-29-31-33-35-38(41)37-40(3,4)39(42)36-34-32-30-28-26-24-22-20-18-16-14-12-10-8-6-2;1-3-2;/h19-22H,5-18,23-37H2,1-4H3;3H2,1-2H3;1H/q+1;;/p-1/b21-19-,22-20-;;. The molecule has 274 valence electrons. The summed E-state index contributed by atoms with van der Waals surface area (Å²) in [5.74, 6) is 0.459. The van der Waals surface area contributed by atoms with E-state index in [0.717, 1.165) is 25.7 Å². The van der Waals surface area contributed by atoms with Gasteiger partial charge in [0.15, 0.2) is 5.78 Å². The Morgan fingerprint density at radius 3 is 1.07 bits per heavy atom. The van der Waals surface area contributed by atoms with Crippen molar-refractivity contribution in [1.82, 2.24) is 0 Å². The topological polar surface area (TPSA) is 34.1 Å². The number of rotatable bonds is 32. The lowest BCUT2D eigenvalue weighted by Crippen LogP contribution is -3.00. The van der Waals surface area contributed by atoms with Crippen molar-refractivity contribution in [2.75, 3.05) is 20.6 Å². The molecular formula is C42H82ClNO2. The third-order valence-electron chi connectivity index (χ3n) is 8.62. The maximum Gasteiger partial charge on any atom is 0.313 e. The number of hydrogen-bond donors (Lipinski definition) is 0. The van der Waals surface area contributed by atoms with Crippen LogP contribution in [0.1, 0.15) is 214 Å².